The number of carbonyl (C=O) groups is 1. The number of hydrogen-bond acceptors (Lipinski definition) is 3. The van der Waals surface area contributed by atoms with E-state index in [0.717, 1.165) is 11.1 Å². The molecule has 1 rings (SSSR count). The first-order chi connectivity index (χ1) is 7.52. The Morgan fingerprint density at radius 2 is 2.12 bits per heavy atom. The van der Waals surface area contributed by atoms with Crippen molar-refractivity contribution in [2.45, 2.75) is 32.9 Å². The summed E-state index contributed by atoms with van der Waals surface area (Å²) in [6.45, 7) is 4.31. The molecular formula is C12H18N2O2. The van der Waals surface area contributed by atoms with Crippen LogP contribution < -0.4 is 16.2 Å². The van der Waals surface area contributed by atoms with Crippen molar-refractivity contribution in [1.29, 1.82) is 0 Å². The summed E-state index contributed by atoms with van der Waals surface area (Å²) in [5.41, 5.74) is 12.5. The summed E-state index contributed by atoms with van der Waals surface area (Å²) in [6, 6.07) is 5.59. The molecular weight excluding hydrogens is 204 g/mol. The molecule has 0 aromatic heterocycles. The monoisotopic (exact) mass is 222 g/mol. The first kappa shape index (κ1) is 12.5. The van der Waals surface area contributed by atoms with Crippen LogP contribution in [0.3, 0.4) is 0 Å². The average molecular weight is 222 g/mol. The fourth-order valence-corrected chi connectivity index (χ4v) is 1.45. The van der Waals surface area contributed by atoms with Gasteiger partial charge in [0, 0.05) is 12.1 Å². The van der Waals surface area contributed by atoms with Crippen LogP contribution in [-0.2, 0) is 17.8 Å². The zero-order valence-electron chi connectivity index (χ0n) is 9.69. The number of amides is 1. The third-order valence-corrected chi connectivity index (χ3v) is 2.09. The minimum absolute atomic E-state index is 0.0651. The first-order valence-electron chi connectivity index (χ1n) is 5.29. The molecule has 1 amide bonds. The topological polar surface area (TPSA) is 78.3 Å². The van der Waals surface area contributed by atoms with Crippen molar-refractivity contribution in [3.05, 3.63) is 29.3 Å². The lowest BCUT2D eigenvalue weighted by molar-refractivity contribution is -0.117. The second kappa shape index (κ2) is 5.51. The van der Waals surface area contributed by atoms with Crippen LogP contribution in [0.5, 0.6) is 5.75 Å². The molecule has 0 saturated heterocycles. The van der Waals surface area contributed by atoms with E-state index in [1.807, 2.05) is 32.0 Å². The van der Waals surface area contributed by atoms with Crippen LogP contribution in [0.15, 0.2) is 18.2 Å². The average Bonchev–Trinajstić information content (AvgIpc) is 2.19. The van der Waals surface area contributed by atoms with Gasteiger partial charge in [0.1, 0.15) is 5.75 Å². The Bertz CT molecular complexity index is 375. The van der Waals surface area contributed by atoms with Crippen molar-refractivity contribution in [3.63, 3.8) is 0 Å². The van der Waals surface area contributed by atoms with E-state index in [0.29, 0.717) is 12.3 Å². The van der Waals surface area contributed by atoms with E-state index < -0.39 is 0 Å². The minimum atomic E-state index is -0.372. The number of nitrogens with two attached hydrogens (primary N) is 2. The minimum Gasteiger partial charge on any atom is -0.491 e. The van der Waals surface area contributed by atoms with Gasteiger partial charge in [-0.1, -0.05) is 12.1 Å². The smallest absolute Gasteiger partial charge is 0.221 e. The Balaban J connectivity index is 3.00. The van der Waals surface area contributed by atoms with Crippen LogP contribution in [0.25, 0.3) is 0 Å². The van der Waals surface area contributed by atoms with Crippen LogP contribution in [0, 0.1) is 0 Å². The molecule has 16 heavy (non-hydrogen) atoms. The molecule has 0 aliphatic rings. The highest BCUT2D eigenvalue weighted by atomic mass is 16.5. The Hall–Kier alpha value is -1.55. The van der Waals surface area contributed by atoms with Gasteiger partial charge in [-0.2, -0.15) is 0 Å². The predicted molar refractivity (Wildman–Crippen MR) is 63.0 cm³/mol. The summed E-state index contributed by atoms with van der Waals surface area (Å²) in [7, 11) is 0. The molecule has 0 unspecified atom stereocenters. The molecule has 0 aliphatic heterocycles. The first-order valence-corrected chi connectivity index (χ1v) is 5.29. The highest BCUT2D eigenvalue weighted by molar-refractivity contribution is 5.77. The lowest BCUT2D eigenvalue weighted by Crippen LogP contribution is -2.16. The maximum absolute atomic E-state index is 10.9. The van der Waals surface area contributed by atoms with Gasteiger partial charge in [0.25, 0.3) is 0 Å². The maximum atomic E-state index is 10.9. The Morgan fingerprint density at radius 3 is 2.62 bits per heavy atom. The highest BCUT2D eigenvalue weighted by Crippen LogP contribution is 2.21. The Kier molecular flexibility index (Phi) is 4.31. The van der Waals surface area contributed by atoms with Crippen LogP contribution in [0.4, 0.5) is 0 Å². The second-order valence-electron chi connectivity index (χ2n) is 3.96. The number of carbonyl (C=O) groups excluding carboxylic acids is 1. The van der Waals surface area contributed by atoms with Gasteiger partial charge in [-0.05, 0) is 25.5 Å². The molecule has 0 fully saturated rings. The lowest BCUT2D eigenvalue weighted by Gasteiger charge is -2.14. The van der Waals surface area contributed by atoms with Crippen molar-refractivity contribution < 1.29 is 9.53 Å². The predicted octanol–water partition coefficient (Wildman–Crippen LogP) is 0.960. The molecule has 0 atom stereocenters. The van der Waals surface area contributed by atoms with E-state index in [1.165, 1.54) is 0 Å². The molecule has 4 heteroatoms. The maximum Gasteiger partial charge on any atom is 0.221 e. The molecule has 4 nitrogen and oxygen atoms in total. The van der Waals surface area contributed by atoms with Gasteiger partial charge >= 0.3 is 0 Å². The van der Waals surface area contributed by atoms with E-state index in [-0.39, 0.29) is 18.4 Å². The molecule has 0 saturated carbocycles. The van der Waals surface area contributed by atoms with Gasteiger partial charge in [0.2, 0.25) is 5.91 Å². The van der Waals surface area contributed by atoms with Gasteiger partial charge in [0.05, 0.1) is 12.5 Å². The van der Waals surface area contributed by atoms with Crippen molar-refractivity contribution in [2.75, 3.05) is 0 Å². The zero-order chi connectivity index (χ0) is 12.1. The number of ether oxygens (including phenoxy) is 1. The molecule has 0 bridgehead atoms. The van der Waals surface area contributed by atoms with E-state index in [1.54, 1.807) is 0 Å². The normalized spacial score (nSPS) is 10.5. The number of rotatable bonds is 5. The van der Waals surface area contributed by atoms with Gasteiger partial charge in [-0.3, -0.25) is 4.79 Å². The van der Waals surface area contributed by atoms with Gasteiger partial charge in [0.15, 0.2) is 0 Å². The van der Waals surface area contributed by atoms with Gasteiger partial charge in [-0.25, -0.2) is 0 Å². The second-order valence-corrected chi connectivity index (χ2v) is 3.96. The lowest BCUT2D eigenvalue weighted by atomic mass is 10.1. The number of primary amides is 1. The molecule has 0 aliphatic carbocycles. The third kappa shape index (κ3) is 3.55. The fourth-order valence-electron chi connectivity index (χ4n) is 1.45. The van der Waals surface area contributed by atoms with E-state index in [9.17, 15) is 4.79 Å². The third-order valence-electron chi connectivity index (χ3n) is 2.09. The number of hydrogen-bond donors (Lipinski definition) is 2. The standard InChI is InChI=1S/C12H18N2O2/c1-8(2)16-11-4-3-9(7-13)5-10(11)6-12(14)15/h3-5,8H,6-7,13H2,1-2H3,(H2,14,15). The van der Waals surface area contributed by atoms with E-state index >= 15 is 0 Å². The largest absolute Gasteiger partial charge is 0.491 e. The Morgan fingerprint density at radius 1 is 1.44 bits per heavy atom. The summed E-state index contributed by atoms with van der Waals surface area (Å²) in [5, 5.41) is 0. The molecule has 88 valence electrons. The molecule has 0 spiro atoms. The van der Waals surface area contributed by atoms with Crippen molar-refractivity contribution in [3.8, 4) is 5.75 Å². The molecule has 0 heterocycles. The summed E-state index contributed by atoms with van der Waals surface area (Å²) in [6.07, 6.45) is 0.242. The fraction of sp³-hybridized carbons (Fsp3) is 0.417. The summed E-state index contributed by atoms with van der Waals surface area (Å²) >= 11 is 0. The Labute approximate surface area is 95.6 Å². The molecule has 1 aromatic carbocycles. The van der Waals surface area contributed by atoms with E-state index in [4.69, 9.17) is 16.2 Å². The summed E-state index contributed by atoms with van der Waals surface area (Å²) < 4.78 is 5.60. The van der Waals surface area contributed by atoms with Crippen LogP contribution >= 0.6 is 0 Å². The van der Waals surface area contributed by atoms with Crippen molar-refractivity contribution in [2.24, 2.45) is 11.5 Å². The SMILES string of the molecule is CC(C)Oc1ccc(CN)cc1CC(N)=O. The van der Waals surface area contributed by atoms with Crippen LogP contribution in [0.2, 0.25) is 0 Å². The summed E-state index contributed by atoms with van der Waals surface area (Å²) in [4.78, 5) is 10.9. The zero-order valence-corrected chi connectivity index (χ0v) is 9.69. The summed E-state index contributed by atoms with van der Waals surface area (Å²) in [5.74, 6) is 0.328. The molecule has 1 aromatic rings. The van der Waals surface area contributed by atoms with Crippen LogP contribution in [0.1, 0.15) is 25.0 Å². The van der Waals surface area contributed by atoms with Crippen molar-refractivity contribution >= 4 is 5.91 Å². The van der Waals surface area contributed by atoms with Gasteiger partial charge < -0.3 is 16.2 Å². The van der Waals surface area contributed by atoms with E-state index in [2.05, 4.69) is 0 Å². The van der Waals surface area contributed by atoms with Crippen molar-refractivity contribution in [1.82, 2.24) is 0 Å². The van der Waals surface area contributed by atoms with Gasteiger partial charge in [-0.15, -0.1) is 0 Å². The quantitative estimate of drug-likeness (QED) is 0.778. The number of benzene rings is 1. The van der Waals surface area contributed by atoms with Crippen LogP contribution in [-0.4, -0.2) is 12.0 Å². The highest BCUT2D eigenvalue weighted by Gasteiger charge is 2.09. The molecule has 4 N–H and O–H groups in total. The molecule has 0 radical (unpaired) electrons.